The molecule has 3 heteroatoms. The van der Waals surface area contributed by atoms with Gasteiger partial charge in [0, 0.05) is 10.9 Å². The van der Waals surface area contributed by atoms with Gasteiger partial charge in [-0.2, -0.15) is 0 Å². The molecule has 0 bridgehead atoms. The SMILES string of the molecule is Cc1c(Cl)cccc1N=C(N)C1CCCCC1. The van der Waals surface area contributed by atoms with E-state index in [1.165, 1.54) is 32.1 Å². The second kappa shape index (κ2) is 5.54. The molecule has 0 saturated heterocycles. The van der Waals surface area contributed by atoms with Crippen LogP contribution in [0.15, 0.2) is 23.2 Å². The van der Waals surface area contributed by atoms with E-state index in [1.54, 1.807) is 0 Å². The maximum atomic E-state index is 6.11. The Labute approximate surface area is 108 Å². The lowest BCUT2D eigenvalue weighted by Gasteiger charge is -2.21. The Kier molecular flexibility index (Phi) is 4.06. The largest absolute Gasteiger partial charge is 0.387 e. The number of rotatable bonds is 2. The molecule has 0 unspecified atom stereocenters. The van der Waals surface area contributed by atoms with Crippen LogP contribution >= 0.6 is 11.6 Å². The molecule has 0 radical (unpaired) electrons. The summed E-state index contributed by atoms with van der Waals surface area (Å²) in [6.07, 6.45) is 6.23. The van der Waals surface area contributed by atoms with Crippen LogP contribution in [0.2, 0.25) is 5.02 Å². The zero-order valence-corrected chi connectivity index (χ0v) is 11.0. The van der Waals surface area contributed by atoms with E-state index in [9.17, 15) is 0 Å². The number of halogens is 1. The Morgan fingerprint density at radius 3 is 2.71 bits per heavy atom. The third-order valence-corrected chi connectivity index (χ3v) is 3.92. The van der Waals surface area contributed by atoms with Crippen LogP contribution in [0.4, 0.5) is 5.69 Å². The molecule has 1 aromatic rings. The monoisotopic (exact) mass is 250 g/mol. The van der Waals surface area contributed by atoms with Gasteiger partial charge in [0.1, 0.15) is 5.84 Å². The van der Waals surface area contributed by atoms with Crippen LogP contribution in [-0.4, -0.2) is 5.84 Å². The van der Waals surface area contributed by atoms with Crippen molar-refractivity contribution in [3.05, 3.63) is 28.8 Å². The van der Waals surface area contributed by atoms with Gasteiger partial charge in [-0.25, -0.2) is 4.99 Å². The first-order chi connectivity index (χ1) is 8.18. The molecule has 2 N–H and O–H groups in total. The summed E-state index contributed by atoms with van der Waals surface area (Å²) in [5.74, 6) is 1.23. The van der Waals surface area contributed by atoms with Crippen LogP contribution in [0.1, 0.15) is 37.7 Å². The van der Waals surface area contributed by atoms with Crippen molar-refractivity contribution in [2.45, 2.75) is 39.0 Å². The molecule has 92 valence electrons. The van der Waals surface area contributed by atoms with E-state index in [2.05, 4.69) is 4.99 Å². The molecule has 1 aromatic carbocycles. The lowest BCUT2D eigenvalue weighted by molar-refractivity contribution is 0.437. The summed E-state index contributed by atoms with van der Waals surface area (Å²) >= 11 is 6.07. The quantitative estimate of drug-likeness (QED) is 0.620. The van der Waals surface area contributed by atoms with Gasteiger partial charge in [0.05, 0.1) is 5.69 Å². The number of hydrogen-bond donors (Lipinski definition) is 1. The number of aliphatic imine (C=N–C) groups is 1. The summed E-state index contributed by atoms with van der Waals surface area (Å²) in [4.78, 5) is 4.55. The molecule has 0 heterocycles. The van der Waals surface area contributed by atoms with Crippen molar-refractivity contribution in [2.24, 2.45) is 16.6 Å². The normalized spacial score (nSPS) is 18.4. The predicted octanol–water partition coefficient (Wildman–Crippen LogP) is 4.22. The minimum atomic E-state index is 0.460. The zero-order valence-electron chi connectivity index (χ0n) is 10.2. The van der Waals surface area contributed by atoms with Gasteiger partial charge in [0.15, 0.2) is 0 Å². The van der Waals surface area contributed by atoms with Crippen molar-refractivity contribution in [1.82, 2.24) is 0 Å². The van der Waals surface area contributed by atoms with Crippen LogP contribution in [0, 0.1) is 12.8 Å². The minimum Gasteiger partial charge on any atom is -0.387 e. The third-order valence-electron chi connectivity index (χ3n) is 3.51. The highest BCUT2D eigenvalue weighted by atomic mass is 35.5. The van der Waals surface area contributed by atoms with E-state index >= 15 is 0 Å². The summed E-state index contributed by atoms with van der Waals surface area (Å²) in [7, 11) is 0. The molecule has 1 aliphatic rings. The molecule has 0 spiro atoms. The van der Waals surface area contributed by atoms with Crippen LogP contribution in [0.3, 0.4) is 0 Å². The van der Waals surface area contributed by atoms with Crippen molar-refractivity contribution in [1.29, 1.82) is 0 Å². The second-order valence-electron chi connectivity index (χ2n) is 4.76. The first-order valence-electron chi connectivity index (χ1n) is 6.27. The second-order valence-corrected chi connectivity index (χ2v) is 5.16. The molecule has 0 atom stereocenters. The maximum absolute atomic E-state index is 6.11. The van der Waals surface area contributed by atoms with Crippen molar-refractivity contribution < 1.29 is 0 Å². The number of amidine groups is 1. The average molecular weight is 251 g/mol. The van der Waals surface area contributed by atoms with Gasteiger partial charge in [-0.15, -0.1) is 0 Å². The molecular formula is C14H19ClN2. The van der Waals surface area contributed by atoms with Crippen molar-refractivity contribution >= 4 is 23.1 Å². The highest BCUT2D eigenvalue weighted by Gasteiger charge is 2.17. The first-order valence-corrected chi connectivity index (χ1v) is 6.65. The number of benzene rings is 1. The van der Waals surface area contributed by atoms with Crippen LogP contribution in [0.5, 0.6) is 0 Å². The molecule has 0 aliphatic heterocycles. The van der Waals surface area contributed by atoms with E-state index in [0.717, 1.165) is 22.1 Å². The predicted molar refractivity (Wildman–Crippen MR) is 74.0 cm³/mol. The lowest BCUT2D eigenvalue weighted by atomic mass is 9.88. The molecule has 17 heavy (non-hydrogen) atoms. The summed E-state index contributed by atoms with van der Waals surface area (Å²) < 4.78 is 0. The molecular weight excluding hydrogens is 232 g/mol. The van der Waals surface area contributed by atoms with Gasteiger partial charge >= 0.3 is 0 Å². The third kappa shape index (κ3) is 3.01. The van der Waals surface area contributed by atoms with Gasteiger partial charge in [-0.3, -0.25) is 0 Å². The first kappa shape index (κ1) is 12.4. The van der Waals surface area contributed by atoms with E-state index < -0.39 is 0 Å². The molecule has 2 rings (SSSR count). The van der Waals surface area contributed by atoms with Crippen molar-refractivity contribution in [2.75, 3.05) is 0 Å². The van der Waals surface area contributed by atoms with Crippen molar-refractivity contribution in [3.63, 3.8) is 0 Å². The fourth-order valence-electron chi connectivity index (χ4n) is 2.35. The maximum Gasteiger partial charge on any atom is 0.103 e. The summed E-state index contributed by atoms with van der Waals surface area (Å²) in [5, 5.41) is 0.752. The zero-order chi connectivity index (χ0) is 12.3. The highest BCUT2D eigenvalue weighted by molar-refractivity contribution is 6.31. The van der Waals surface area contributed by atoms with E-state index in [0.29, 0.717) is 5.92 Å². The Morgan fingerprint density at radius 2 is 2.00 bits per heavy atom. The van der Waals surface area contributed by atoms with Crippen LogP contribution in [0.25, 0.3) is 0 Å². The number of nitrogens with two attached hydrogens (primary N) is 1. The van der Waals surface area contributed by atoms with Crippen molar-refractivity contribution in [3.8, 4) is 0 Å². The van der Waals surface area contributed by atoms with Gasteiger partial charge in [0.2, 0.25) is 0 Å². The molecule has 2 nitrogen and oxygen atoms in total. The average Bonchev–Trinajstić information content (AvgIpc) is 2.36. The van der Waals surface area contributed by atoms with Crippen LogP contribution in [-0.2, 0) is 0 Å². The van der Waals surface area contributed by atoms with E-state index in [-0.39, 0.29) is 0 Å². The van der Waals surface area contributed by atoms with Gasteiger partial charge in [-0.1, -0.05) is 36.9 Å². The summed E-state index contributed by atoms with van der Waals surface area (Å²) in [5.41, 5.74) is 8.02. The lowest BCUT2D eigenvalue weighted by Crippen LogP contribution is -2.25. The van der Waals surface area contributed by atoms with Gasteiger partial charge in [-0.05, 0) is 37.5 Å². The summed E-state index contributed by atoms with van der Waals surface area (Å²) in [6.45, 7) is 1.98. The van der Waals surface area contributed by atoms with Gasteiger partial charge < -0.3 is 5.73 Å². The number of nitrogens with zero attached hydrogens (tertiary/aromatic N) is 1. The molecule has 0 amide bonds. The Bertz CT molecular complexity index is 420. The fourth-order valence-corrected chi connectivity index (χ4v) is 2.52. The molecule has 1 fully saturated rings. The summed E-state index contributed by atoms with van der Waals surface area (Å²) in [6, 6.07) is 5.77. The molecule has 1 aliphatic carbocycles. The van der Waals surface area contributed by atoms with Gasteiger partial charge in [0.25, 0.3) is 0 Å². The Morgan fingerprint density at radius 1 is 1.29 bits per heavy atom. The molecule has 1 saturated carbocycles. The Balaban J connectivity index is 2.19. The fraction of sp³-hybridized carbons (Fsp3) is 0.500. The Hall–Kier alpha value is -1.02. The minimum absolute atomic E-state index is 0.460. The van der Waals surface area contributed by atoms with E-state index in [4.69, 9.17) is 17.3 Å². The van der Waals surface area contributed by atoms with E-state index in [1.807, 2.05) is 25.1 Å². The molecule has 0 aromatic heterocycles. The van der Waals surface area contributed by atoms with Crippen LogP contribution < -0.4 is 5.73 Å². The highest BCUT2D eigenvalue weighted by Crippen LogP contribution is 2.28. The standard InChI is InChI=1S/C14H19ClN2/c1-10-12(15)8-5-9-13(10)17-14(16)11-6-3-2-4-7-11/h5,8-9,11H,2-4,6-7H2,1H3,(H2,16,17). The number of hydrogen-bond acceptors (Lipinski definition) is 1. The topological polar surface area (TPSA) is 38.4 Å². The smallest absolute Gasteiger partial charge is 0.103 e.